The average Bonchev–Trinajstić information content (AvgIpc) is 2.90. The van der Waals surface area contributed by atoms with Crippen molar-refractivity contribution in [3.8, 4) is 33.4 Å². The third-order valence-corrected chi connectivity index (χ3v) is 7.25. The van der Waals surface area contributed by atoms with Crippen molar-refractivity contribution in [3.63, 3.8) is 0 Å². The molecule has 0 nitrogen and oxygen atoms in total. The van der Waals surface area contributed by atoms with Crippen LogP contribution in [0.5, 0.6) is 0 Å². The molecular formula is C35H40. The van der Waals surface area contributed by atoms with Crippen molar-refractivity contribution in [1.29, 1.82) is 0 Å². The molecule has 0 unspecified atom stereocenters. The molecule has 0 aliphatic heterocycles. The summed E-state index contributed by atoms with van der Waals surface area (Å²) >= 11 is 0. The second-order valence-electron chi connectivity index (χ2n) is 9.83. The highest BCUT2D eigenvalue weighted by Crippen LogP contribution is 2.38. The molecule has 0 radical (unpaired) electrons. The minimum atomic E-state index is 1.16. The number of aryl methyl sites for hydroxylation is 2. The lowest BCUT2D eigenvalue weighted by atomic mass is 9.87. The number of hydrogen-bond donors (Lipinski definition) is 0. The fourth-order valence-corrected chi connectivity index (χ4v) is 5.07. The highest BCUT2D eigenvalue weighted by Gasteiger charge is 2.13. The lowest BCUT2D eigenvalue weighted by Gasteiger charge is -2.17. The molecule has 0 bridgehead atoms. The summed E-state index contributed by atoms with van der Waals surface area (Å²) in [5.41, 5.74) is 12.2. The summed E-state index contributed by atoms with van der Waals surface area (Å²) in [6.45, 7) is 6.85. The van der Waals surface area contributed by atoms with Crippen molar-refractivity contribution in [3.05, 3.63) is 108 Å². The lowest BCUT2D eigenvalue weighted by Crippen LogP contribution is -1.95. The third-order valence-electron chi connectivity index (χ3n) is 7.25. The Bertz CT molecular complexity index is 1200. The van der Waals surface area contributed by atoms with Crippen molar-refractivity contribution in [1.82, 2.24) is 0 Å². The van der Waals surface area contributed by atoms with Crippen LogP contribution in [0.15, 0.2) is 91.0 Å². The summed E-state index contributed by atoms with van der Waals surface area (Å²) in [4.78, 5) is 0. The standard InChI is InChI=1S/C35H40/c1-4-6-9-14-28-20-22-30(23-21-28)32-24-25-34(31-16-11-8-12-17-31)35(26-32)33-19-13-18-29(27(33)3)15-10-7-5-2/h8,11-13,16-26H,4-7,9-10,14-15H2,1-3H3. The van der Waals surface area contributed by atoms with Crippen LogP contribution in [0.1, 0.15) is 69.1 Å². The molecular weight excluding hydrogens is 420 g/mol. The van der Waals surface area contributed by atoms with Gasteiger partial charge in [0.1, 0.15) is 0 Å². The van der Waals surface area contributed by atoms with Gasteiger partial charge < -0.3 is 0 Å². The maximum atomic E-state index is 2.41. The van der Waals surface area contributed by atoms with Gasteiger partial charge >= 0.3 is 0 Å². The highest BCUT2D eigenvalue weighted by molar-refractivity contribution is 5.88. The summed E-state index contributed by atoms with van der Waals surface area (Å²) in [6.07, 6.45) is 10.0. The Labute approximate surface area is 213 Å². The summed E-state index contributed by atoms with van der Waals surface area (Å²) in [5.74, 6) is 0. The molecule has 0 heteroatoms. The molecule has 0 amide bonds. The highest BCUT2D eigenvalue weighted by atomic mass is 14.2. The number of hydrogen-bond acceptors (Lipinski definition) is 0. The number of unbranched alkanes of at least 4 members (excludes halogenated alkanes) is 4. The predicted octanol–water partition coefficient (Wildman–Crippen LogP) is 10.5. The molecule has 180 valence electrons. The van der Waals surface area contributed by atoms with Crippen molar-refractivity contribution < 1.29 is 0 Å². The maximum absolute atomic E-state index is 2.41. The molecule has 0 saturated heterocycles. The van der Waals surface area contributed by atoms with E-state index in [9.17, 15) is 0 Å². The molecule has 4 aromatic rings. The van der Waals surface area contributed by atoms with Gasteiger partial charge in [-0.3, -0.25) is 0 Å². The van der Waals surface area contributed by atoms with Crippen LogP contribution in [-0.4, -0.2) is 0 Å². The molecule has 4 aromatic carbocycles. The molecule has 0 spiro atoms. The second kappa shape index (κ2) is 12.5. The van der Waals surface area contributed by atoms with Gasteiger partial charge in [-0.15, -0.1) is 0 Å². The van der Waals surface area contributed by atoms with E-state index in [1.165, 1.54) is 95.0 Å². The average molecular weight is 461 g/mol. The van der Waals surface area contributed by atoms with Crippen molar-refractivity contribution in [2.75, 3.05) is 0 Å². The normalized spacial score (nSPS) is 11.1. The molecule has 0 atom stereocenters. The van der Waals surface area contributed by atoms with Crippen molar-refractivity contribution in [2.24, 2.45) is 0 Å². The minimum Gasteiger partial charge on any atom is -0.0654 e. The Morgan fingerprint density at radius 1 is 0.486 bits per heavy atom. The van der Waals surface area contributed by atoms with E-state index in [0.29, 0.717) is 0 Å². The van der Waals surface area contributed by atoms with E-state index in [1.54, 1.807) is 0 Å². The Morgan fingerprint density at radius 2 is 1.17 bits per heavy atom. The predicted molar refractivity (Wildman–Crippen MR) is 154 cm³/mol. The first-order valence-electron chi connectivity index (χ1n) is 13.6. The largest absolute Gasteiger partial charge is 0.0654 e. The van der Waals surface area contributed by atoms with Gasteiger partial charge in [0.2, 0.25) is 0 Å². The Morgan fingerprint density at radius 3 is 1.89 bits per heavy atom. The molecule has 0 aliphatic rings. The molecule has 0 heterocycles. The smallest absolute Gasteiger partial charge is 0.00965 e. The summed E-state index contributed by atoms with van der Waals surface area (Å²) in [7, 11) is 0. The third kappa shape index (κ3) is 6.31. The molecule has 0 fully saturated rings. The molecule has 0 aliphatic carbocycles. The topological polar surface area (TPSA) is 0 Å². The van der Waals surface area contributed by atoms with Crippen LogP contribution in [0.2, 0.25) is 0 Å². The van der Waals surface area contributed by atoms with E-state index in [4.69, 9.17) is 0 Å². The maximum Gasteiger partial charge on any atom is -0.00965 e. The van der Waals surface area contributed by atoms with E-state index in [2.05, 4.69) is 112 Å². The van der Waals surface area contributed by atoms with Crippen LogP contribution in [0.4, 0.5) is 0 Å². The van der Waals surface area contributed by atoms with Gasteiger partial charge in [0, 0.05) is 0 Å². The van der Waals surface area contributed by atoms with Gasteiger partial charge in [-0.2, -0.15) is 0 Å². The van der Waals surface area contributed by atoms with Crippen molar-refractivity contribution >= 4 is 0 Å². The van der Waals surface area contributed by atoms with Gasteiger partial charge in [0.05, 0.1) is 0 Å². The zero-order valence-electron chi connectivity index (χ0n) is 21.8. The second-order valence-corrected chi connectivity index (χ2v) is 9.83. The van der Waals surface area contributed by atoms with Gasteiger partial charge in [-0.25, -0.2) is 0 Å². The quantitative estimate of drug-likeness (QED) is 0.195. The fraction of sp³-hybridized carbons (Fsp3) is 0.314. The Balaban J connectivity index is 1.74. The van der Waals surface area contributed by atoms with Crippen LogP contribution in [0, 0.1) is 6.92 Å². The zero-order chi connectivity index (χ0) is 24.5. The van der Waals surface area contributed by atoms with Crippen molar-refractivity contribution in [2.45, 2.75) is 72.1 Å². The minimum absolute atomic E-state index is 1.16. The van der Waals surface area contributed by atoms with E-state index < -0.39 is 0 Å². The van der Waals surface area contributed by atoms with E-state index in [0.717, 1.165) is 6.42 Å². The molecule has 35 heavy (non-hydrogen) atoms. The van der Waals surface area contributed by atoms with Crippen LogP contribution in [0.3, 0.4) is 0 Å². The van der Waals surface area contributed by atoms with Crippen LogP contribution in [-0.2, 0) is 12.8 Å². The van der Waals surface area contributed by atoms with E-state index >= 15 is 0 Å². The molecule has 0 aromatic heterocycles. The fourth-order valence-electron chi connectivity index (χ4n) is 5.07. The Hall–Kier alpha value is -3.12. The van der Waals surface area contributed by atoms with Gasteiger partial charge in [-0.05, 0) is 88.7 Å². The van der Waals surface area contributed by atoms with E-state index in [-0.39, 0.29) is 0 Å². The number of benzene rings is 4. The molecule has 0 saturated carbocycles. The number of rotatable bonds is 11. The van der Waals surface area contributed by atoms with Gasteiger partial charge in [0.15, 0.2) is 0 Å². The monoisotopic (exact) mass is 460 g/mol. The summed E-state index contributed by atoms with van der Waals surface area (Å²) in [5, 5.41) is 0. The summed E-state index contributed by atoms with van der Waals surface area (Å²) in [6, 6.07) is 33.9. The SMILES string of the molecule is CCCCCc1ccc(-c2ccc(-c3ccccc3)c(-c3cccc(CCCCC)c3C)c2)cc1. The van der Waals surface area contributed by atoms with Crippen LogP contribution >= 0.6 is 0 Å². The van der Waals surface area contributed by atoms with Crippen LogP contribution < -0.4 is 0 Å². The Kier molecular flexibility index (Phi) is 8.96. The van der Waals surface area contributed by atoms with Crippen LogP contribution in [0.25, 0.3) is 33.4 Å². The molecule has 0 N–H and O–H groups in total. The van der Waals surface area contributed by atoms with Gasteiger partial charge in [0.25, 0.3) is 0 Å². The first-order valence-corrected chi connectivity index (χ1v) is 13.6. The first kappa shape index (κ1) is 25.0. The zero-order valence-corrected chi connectivity index (χ0v) is 21.8. The lowest BCUT2D eigenvalue weighted by molar-refractivity contribution is 0.715. The molecule has 4 rings (SSSR count). The van der Waals surface area contributed by atoms with Gasteiger partial charge in [-0.1, -0.05) is 124 Å². The summed E-state index contributed by atoms with van der Waals surface area (Å²) < 4.78 is 0. The first-order chi connectivity index (χ1) is 17.2. The van der Waals surface area contributed by atoms with E-state index in [1.807, 2.05) is 0 Å².